The number of carbonyl (C=O) groups is 1. The van der Waals surface area contributed by atoms with E-state index in [1.54, 1.807) is 38.4 Å². The standard InChI is InChI=1S/C19H19FN2O3/c1-3-25-19(23)18(22-13-5-7-14(24-2)8-6-13)16-11-21-17-10-12(20)4-9-15(16)17/h4-11,18,21-22H,3H2,1-2H3/t18-/m0/s1. The third kappa shape index (κ3) is 3.57. The zero-order chi connectivity index (χ0) is 17.8. The fourth-order valence-corrected chi connectivity index (χ4v) is 2.70. The molecule has 0 saturated heterocycles. The second kappa shape index (κ2) is 7.25. The highest BCUT2D eigenvalue weighted by Gasteiger charge is 2.25. The van der Waals surface area contributed by atoms with Gasteiger partial charge in [-0.3, -0.25) is 0 Å². The summed E-state index contributed by atoms with van der Waals surface area (Å²) in [6.07, 6.45) is 1.70. The summed E-state index contributed by atoms with van der Waals surface area (Å²) in [5, 5.41) is 3.94. The van der Waals surface area contributed by atoms with Gasteiger partial charge in [-0.15, -0.1) is 0 Å². The van der Waals surface area contributed by atoms with E-state index in [2.05, 4.69) is 10.3 Å². The van der Waals surface area contributed by atoms with Crippen molar-refractivity contribution in [3.8, 4) is 5.75 Å². The highest BCUT2D eigenvalue weighted by Crippen LogP contribution is 2.29. The van der Waals surface area contributed by atoms with Gasteiger partial charge in [0.1, 0.15) is 11.6 Å². The highest BCUT2D eigenvalue weighted by atomic mass is 19.1. The van der Waals surface area contributed by atoms with Crippen molar-refractivity contribution in [2.75, 3.05) is 19.0 Å². The van der Waals surface area contributed by atoms with Crippen LogP contribution in [-0.2, 0) is 9.53 Å². The number of halogens is 1. The number of anilines is 1. The molecule has 130 valence electrons. The maximum absolute atomic E-state index is 13.4. The fourth-order valence-electron chi connectivity index (χ4n) is 2.70. The molecule has 25 heavy (non-hydrogen) atoms. The Morgan fingerprint density at radius 2 is 2.00 bits per heavy atom. The van der Waals surface area contributed by atoms with Gasteiger partial charge in [0.2, 0.25) is 0 Å². The molecule has 0 fully saturated rings. The number of hydrogen-bond donors (Lipinski definition) is 2. The zero-order valence-corrected chi connectivity index (χ0v) is 14.0. The fraction of sp³-hybridized carbons (Fsp3) is 0.211. The predicted molar refractivity (Wildman–Crippen MR) is 94.2 cm³/mol. The van der Waals surface area contributed by atoms with Gasteiger partial charge in [-0.05, 0) is 49.4 Å². The van der Waals surface area contributed by atoms with Crippen LogP contribution in [0.2, 0.25) is 0 Å². The van der Waals surface area contributed by atoms with Crippen LogP contribution in [-0.4, -0.2) is 24.7 Å². The average molecular weight is 342 g/mol. The van der Waals surface area contributed by atoms with Crippen LogP contribution in [0.15, 0.2) is 48.7 Å². The maximum atomic E-state index is 13.4. The lowest BCUT2D eigenvalue weighted by Gasteiger charge is -2.18. The second-order valence-corrected chi connectivity index (χ2v) is 5.49. The molecule has 0 unspecified atom stereocenters. The molecule has 0 bridgehead atoms. The Balaban J connectivity index is 1.96. The minimum absolute atomic E-state index is 0.274. The monoisotopic (exact) mass is 342 g/mol. The lowest BCUT2D eigenvalue weighted by molar-refractivity contribution is -0.144. The molecule has 0 spiro atoms. The summed E-state index contributed by atoms with van der Waals surface area (Å²) in [6.45, 7) is 2.03. The molecule has 1 aromatic heterocycles. The summed E-state index contributed by atoms with van der Waals surface area (Å²) < 4.78 is 23.8. The molecule has 1 heterocycles. The normalized spacial score (nSPS) is 12.0. The Morgan fingerprint density at radius 1 is 1.24 bits per heavy atom. The molecule has 0 aliphatic heterocycles. The second-order valence-electron chi connectivity index (χ2n) is 5.49. The largest absolute Gasteiger partial charge is 0.497 e. The Morgan fingerprint density at radius 3 is 2.68 bits per heavy atom. The van der Waals surface area contributed by atoms with E-state index < -0.39 is 12.0 Å². The minimum atomic E-state index is -0.715. The zero-order valence-electron chi connectivity index (χ0n) is 14.0. The number of aromatic amines is 1. The average Bonchev–Trinajstić information content (AvgIpc) is 3.03. The molecule has 0 amide bonds. The van der Waals surface area contributed by atoms with Crippen LogP contribution in [0, 0.1) is 5.82 Å². The number of fused-ring (bicyclic) bond motifs is 1. The van der Waals surface area contributed by atoms with Crippen LogP contribution >= 0.6 is 0 Å². The molecular weight excluding hydrogens is 323 g/mol. The van der Waals surface area contributed by atoms with E-state index in [0.717, 1.165) is 16.8 Å². The number of benzene rings is 2. The van der Waals surface area contributed by atoms with Gasteiger partial charge in [0.15, 0.2) is 6.04 Å². The van der Waals surface area contributed by atoms with Crippen LogP contribution in [0.4, 0.5) is 10.1 Å². The highest BCUT2D eigenvalue weighted by molar-refractivity contribution is 5.91. The van der Waals surface area contributed by atoms with Gasteiger partial charge in [-0.2, -0.15) is 0 Å². The van der Waals surface area contributed by atoms with E-state index in [-0.39, 0.29) is 12.4 Å². The molecule has 0 saturated carbocycles. The Labute approximate surface area is 144 Å². The molecular formula is C19H19FN2O3. The summed E-state index contributed by atoms with van der Waals surface area (Å²) in [6, 6.07) is 10.9. The van der Waals surface area contributed by atoms with E-state index >= 15 is 0 Å². The Hall–Kier alpha value is -3.02. The number of esters is 1. The van der Waals surface area contributed by atoms with Crippen molar-refractivity contribution in [1.82, 2.24) is 4.98 Å². The summed E-state index contributed by atoms with van der Waals surface area (Å²) in [5.41, 5.74) is 2.07. The van der Waals surface area contributed by atoms with Gasteiger partial charge >= 0.3 is 5.97 Å². The molecule has 2 aromatic carbocycles. The van der Waals surface area contributed by atoms with Crippen LogP contribution in [0.25, 0.3) is 10.9 Å². The van der Waals surface area contributed by atoms with Crippen molar-refractivity contribution >= 4 is 22.6 Å². The molecule has 6 heteroatoms. The SMILES string of the molecule is CCOC(=O)[C@@H](Nc1ccc(OC)cc1)c1c[nH]c2cc(F)ccc12. The van der Waals surface area contributed by atoms with E-state index in [9.17, 15) is 9.18 Å². The summed E-state index contributed by atoms with van der Waals surface area (Å²) >= 11 is 0. The minimum Gasteiger partial charge on any atom is -0.497 e. The number of aromatic nitrogens is 1. The molecule has 0 radical (unpaired) electrons. The van der Waals surface area contributed by atoms with Crippen molar-refractivity contribution < 1.29 is 18.7 Å². The first-order valence-corrected chi connectivity index (χ1v) is 7.96. The quantitative estimate of drug-likeness (QED) is 0.664. The number of carbonyl (C=O) groups excluding carboxylic acids is 1. The first-order chi connectivity index (χ1) is 12.1. The van der Waals surface area contributed by atoms with Gasteiger partial charge in [0.05, 0.1) is 13.7 Å². The van der Waals surface area contributed by atoms with Crippen molar-refractivity contribution in [2.24, 2.45) is 0 Å². The molecule has 0 aliphatic carbocycles. The maximum Gasteiger partial charge on any atom is 0.333 e. The predicted octanol–water partition coefficient (Wildman–Crippen LogP) is 4.03. The number of H-pyrrole nitrogens is 1. The van der Waals surface area contributed by atoms with Gasteiger partial charge in [0.25, 0.3) is 0 Å². The molecule has 3 rings (SSSR count). The summed E-state index contributed by atoms with van der Waals surface area (Å²) in [7, 11) is 1.59. The summed E-state index contributed by atoms with van der Waals surface area (Å²) in [4.78, 5) is 15.5. The Kier molecular flexibility index (Phi) is 4.88. The van der Waals surface area contributed by atoms with E-state index in [0.29, 0.717) is 11.1 Å². The third-order valence-electron chi connectivity index (χ3n) is 3.91. The first kappa shape index (κ1) is 16.8. The molecule has 1 atom stereocenters. The van der Waals surface area contributed by atoms with Crippen LogP contribution in [0.3, 0.4) is 0 Å². The van der Waals surface area contributed by atoms with Crippen LogP contribution < -0.4 is 10.1 Å². The van der Waals surface area contributed by atoms with E-state index in [4.69, 9.17) is 9.47 Å². The van der Waals surface area contributed by atoms with Gasteiger partial charge in [-0.1, -0.05) is 0 Å². The molecule has 3 aromatic rings. The molecule has 5 nitrogen and oxygen atoms in total. The third-order valence-corrected chi connectivity index (χ3v) is 3.91. The first-order valence-electron chi connectivity index (χ1n) is 7.96. The van der Waals surface area contributed by atoms with Crippen LogP contribution in [0.5, 0.6) is 5.75 Å². The van der Waals surface area contributed by atoms with Crippen molar-refractivity contribution in [1.29, 1.82) is 0 Å². The Bertz CT molecular complexity index is 874. The topological polar surface area (TPSA) is 63.4 Å². The van der Waals surface area contributed by atoms with E-state index in [1.165, 1.54) is 12.1 Å². The number of rotatable bonds is 6. The summed E-state index contributed by atoms with van der Waals surface area (Å²) in [5.74, 6) is -0.0129. The van der Waals surface area contributed by atoms with Crippen molar-refractivity contribution in [3.05, 3.63) is 60.0 Å². The number of methoxy groups -OCH3 is 1. The lowest BCUT2D eigenvalue weighted by Crippen LogP contribution is -2.23. The van der Waals surface area contributed by atoms with Crippen molar-refractivity contribution in [2.45, 2.75) is 13.0 Å². The van der Waals surface area contributed by atoms with Crippen LogP contribution in [0.1, 0.15) is 18.5 Å². The van der Waals surface area contributed by atoms with Gasteiger partial charge in [0, 0.05) is 28.4 Å². The van der Waals surface area contributed by atoms with E-state index in [1.807, 2.05) is 12.1 Å². The number of ether oxygens (including phenoxy) is 2. The molecule has 0 aliphatic rings. The smallest absolute Gasteiger partial charge is 0.333 e. The molecule has 2 N–H and O–H groups in total. The number of hydrogen-bond acceptors (Lipinski definition) is 4. The van der Waals surface area contributed by atoms with Crippen molar-refractivity contribution in [3.63, 3.8) is 0 Å². The lowest BCUT2D eigenvalue weighted by atomic mass is 10.1. The number of nitrogens with one attached hydrogen (secondary N) is 2. The van der Waals surface area contributed by atoms with Gasteiger partial charge in [-0.25, -0.2) is 9.18 Å². The van der Waals surface area contributed by atoms with Gasteiger partial charge < -0.3 is 19.8 Å².